The lowest BCUT2D eigenvalue weighted by molar-refractivity contribution is -0.136. The van der Waals surface area contributed by atoms with E-state index in [0.717, 1.165) is 19.3 Å². The van der Waals surface area contributed by atoms with Gasteiger partial charge < -0.3 is 34.1 Å². The molecule has 0 radical (unpaired) electrons. The second-order valence-corrected chi connectivity index (χ2v) is 10.1. The van der Waals surface area contributed by atoms with Crippen molar-refractivity contribution >= 4 is 17.7 Å². The molecule has 0 saturated carbocycles. The Labute approximate surface area is 220 Å². The molecule has 2 aromatic rings. The van der Waals surface area contributed by atoms with Gasteiger partial charge in [0.05, 0.1) is 0 Å². The molecule has 2 aromatic carbocycles. The van der Waals surface area contributed by atoms with Crippen molar-refractivity contribution in [2.45, 2.75) is 38.1 Å². The summed E-state index contributed by atoms with van der Waals surface area (Å²) in [6, 6.07) is 9.58. The molecular formula is C28H31N3O7. The first-order chi connectivity index (χ1) is 18.6. The number of piperidine rings is 2. The Morgan fingerprint density at radius 2 is 1.29 bits per heavy atom. The molecule has 0 aliphatic carbocycles. The van der Waals surface area contributed by atoms with Crippen LogP contribution in [0.1, 0.15) is 52.8 Å². The van der Waals surface area contributed by atoms with Crippen LogP contribution in [0, 0.1) is 5.92 Å². The molecule has 1 N–H and O–H groups in total. The second kappa shape index (κ2) is 10.4. The van der Waals surface area contributed by atoms with Crippen LogP contribution in [0.3, 0.4) is 0 Å². The molecule has 1 atom stereocenters. The van der Waals surface area contributed by atoms with Gasteiger partial charge in [-0.15, -0.1) is 0 Å². The van der Waals surface area contributed by atoms with Crippen molar-refractivity contribution < 1.29 is 33.3 Å². The molecular weight excluding hydrogens is 490 g/mol. The highest BCUT2D eigenvalue weighted by Crippen LogP contribution is 2.34. The van der Waals surface area contributed by atoms with E-state index in [4.69, 9.17) is 18.9 Å². The van der Waals surface area contributed by atoms with Crippen LogP contribution in [0.2, 0.25) is 0 Å². The van der Waals surface area contributed by atoms with Gasteiger partial charge in [0.2, 0.25) is 19.5 Å². The van der Waals surface area contributed by atoms with Crippen LogP contribution in [-0.2, 0) is 4.79 Å². The number of amides is 3. The lowest BCUT2D eigenvalue weighted by atomic mass is 9.87. The Kier molecular flexibility index (Phi) is 6.70. The van der Waals surface area contributed by atoms with Gasteiger partial charge in [-0.2, -0.15) is 0 Å². The predicted octanol–water partition coefficient (Wildman–Crippen LogP) is 2.81. The third-order valence-corrected chi connectivity index (χ3v) is 7.77. The number of hydrogen-bond acceptors (Lipinski definition) is 7. The first-order valence-electron chi connectivity index (χ1n) is 13.2. The van der Waals surface area contributed by atoms with Crippen LogP contribution in [0.25, 0.3) is 0 Å². The first-order valence-corrected chi connectivity index (χ1v) is 13.2. The lowest BCUT2D eigenvalue weighted by Gasteiger charge is -2.38. The van der Waals surface area contributed by atoms with E-state index in [0.29, 0.717) is 73.1 Å². The Bertz CT molecular complexity index is 1230. The van der Waals surface area contributed by atoms with Crippen LogP contribution < -0.4 is 24.3 Å². The normalized spacial score (nSPS) is 19.3. The van der Waals surface area contributed by atoms with Gasteiger partial charge in [-0.3, -0.25) is 14.4 Å². The van der Waals surface area contributed by atoms with Crippen molar-refractivity contribution in [1.82, 2.24) is 15.1 Å². The molecule has 10 nitrogen and oxygen atoms in total. The summed E-state index contributed by atoms with van der Waals surface area (Å²) in [7, 11) is 0. The van der Waals surface area contributed by atoms with Gasteiger partial charge in [0.25, 0.3) is 11.8 Å². The molecule has 10 heteroatoms. The molecule has 0 unspecified atom stereocenters. The van der Waals surface area contributed by atoms with Gasteiger partial charge in [-0.05, 0) is 74.4 Å². The van der Waals surface area contributed by atoms with Crippen molar-refractivity contribution in [3.8, 4) is 23.0 Å². The average molecular weight is 522 g/mol. The van der Waals surface area contributed by atoms with Gasteiger partial charge in [-0.25, -0.2) is 0 Å². The number of fused-ring (bicyclic) bond motifs is 2. The Morgan fingerprint density at radius 1 is 0.711 bits per heavy atom. The molecule has 4 heterocycles. The Morgan fingerprint density at radius 3 is 1.95 bits per heavy atom. The minimum absolute atomic E-state index is 0.0423. The number of rotatable bonds is 5. The zero-order valence-corrected chi connectivity index (χ0v) is 21.1. The second-order valence-electron chi connectivity index (χ2n) is 10.1. The fraction of sp³-hybridized carbons (Fsp3) is 0.464. The zero-order chi connectivity index (χ0) is 26.1. The van der Waals surface area contributed by atoms with Crippen molar-refractivity contribution in [2.75, 3.05) is 39.8 Å². The maximum absolute atomic E-state index is 13.7. The van der Waals surface area contributed by atoms with Gasteiger partial charge in [-0.1, -0.05) is 0 Å². The predicted molar refractivity (Wildman–Crippen MR) is 135 cm³/mol. The number of ether oxygens (including phenoxy) is 4. The summed E-state index contributed by atoms with van der Waals surface area (Å²) < 4.78 is 21.5. The molecule has 6 rings (SSSR count). The van der Waals surface area contributed by atoms with Gasteiger partial charge in [0.1, 0.15) is 6.04 Å². The minimum Gasteiger partial charge on any atom is -0.454 e. The van der Waals surface area contributed by atoms with E-state index in [2.05, 4.69) is 5.32 Å². The first kappa shape index (κ1) is 24.4. The van der Waals surface area contributed by atoms with E-state index in [-0.39, 0.29) is 37.2 Å². The van der Waals surface area contributed by atoms with E-state index >= 15 is 0 Å². The molecule has 4 aliphatic rings. The third kappa shape index (κ3) is 4.82. The van der Waals surface area contributed by atoms with Crippen molar-refractivity contribution in [1.29, 1.82) is 0 Å². The number of benzene rings is 2. The SMILES string of the molecule is O=C(N[C@H](C(=O)N1CCCCC1)C1CCN(C(=O)c2ccc3c(c2)OCO3)CC1)c1ccc2c(c1)OCO2. The van der Waals surface area contributed by atoms with E-state index in [1.165, 1.54) is 0 Å². The average Bonchev–Trinajstić information content (AvgIpc) is 3.64. The monoisotopic (exact) mass is 521 g/mol. The highest BCUT2D eigenvalue weighted by atomic mass is 16.7. The molecule has 0 spiro atoms. The quantitative estimate of drug-likeness (QED) is 0.645. The third-order valence-electron chi connectivity index (χ3n) is 7.77. The summed E-state index contributed by atoms with van der Waals surface area (Å²) in [4.78, 5) is 43.8. The van der Waals surface area contributed by atoms with Crippen LogP contribution >= 0.6 is 0 Å². The summed E-state index contributed by atoms with van der Waals surface area (Å²) in [6.45, 7) is 2.69. The number of likely N-dealkylation sites (tertiary alicyclic amines) is 2. The highest BCUT2D eigenvalue weighted by Gasteiger charge is 2.37. The molecule has 200 valence electrons. The molecule has 0 bridgehead atoms. The van der Waals surface area contributed by atoms with Gasteiger partial charge in [0, 0.05) is 37.3 Å². The fourth-order valence-electron chi connectivity index (χ4n) is 5.60. The van der Waals surface area contributed by atoms with E-state index < -0.39 is 6.04 Å². The van der Waals surface area contributed by atoms with E-state index in [9.17, 15) is 14.4 Å². The topological polar surface area (TPSA) is 107 Å². The number of nitrogens with one attached hydrogen (secondary N) is 1. The summed E-state index contributed by atoms with van der Waals surface area (Å²) >= 11 is 0. The summed E-state index contributed by atoms with van der Waals surface area (Å²) in [6.07, 6.45) is 4.27. The summed E-state index contributed by atoms with van der Waals surface area (Å²) in [5.74, 6) is 1.81. The zero-order valence-electron chi connectivity index (χ0n) is 21.1. The highest BCUT2D eigenvalue weighted by molar-refractivity contribution is 5.98. The Balaban J connectivity index is 1.15. The van der Waals surface area contributed by atoms with E-state index in [1.807, 2.05) is 4.90 Å². The standard InChI is InChI=1S/C28H31N3O7/c32-26(19-4-6-21-23(14-19)37-16-35-21)29-25(28(34)30-10-2-1-3-11-30)18-8-12-31(13-9-18)27(33)20-5-7-22-24(15-20)38-17-36-22/h4-7,14-15,18,25H,1-3,8-13,16-17H2,(H,29,32)/t25-/m0/s1. The molecule has 3 amide bonds. The van der Waals surface area contributed by atoms with E-state index in [1.54, 1.807) is 41.3 Å². The number of carbonyl (C=O) groups is 3. The number of carbonyl (C=O) groups excluding carboxylic acids is 3. The van der Waals surface area contributed by atoms with Crippen LogP contribution in [-0.4, -0.2) is 73.3 Å². The van der Waals surface area contributed by atoms with Crippen molar-refractivity contribution in [3.05, 3.63) is 47.5 Å². The largest absolute Gasteiger partial charge is 0.454 e. The minimum atomic E-state index is -0.659. The Hall–Kier alpha value is -3.95. The molecule has 2 saturated heterocycles. The molecule has 4 aliphatic heterocycles. The van der Waals surface area contributed by atoms with Gasteiger partial charge >= 0.3 is 0 Å². The molecule has 0 aromatic heterocycles. The lowest BCUT2D eigenvalue weighted by Crippen LogP contribution is -2.55. The maximum Gasteiger partial charge on any atom is 0.253 e. The van der Waals surface area contributed by atoms with Crippen LogP contribution in [0.4, 0.5) is 0 Å². The summed E-state index contributed by atoms with van der Waals surface area (Å²) in [5, 5.41) is 3.03. The van der Waals surface area contributed by atoms with Crippen molar-refractivity contribution in [3.63, 3.8) is 0 Å². The number of hydrogen-bond donors (Lipinski definition) is 1. The molecule has 38 heavy (non-hydrogen) atoms. The molecule has 2 fully saturated rings. The van der Waals surface area contributed by atoms with Crippen molar-refractivity contribution in [2.24, 2.45) is 5.92 Å². The summed E-state index contributed by atoms with van der Waals surface area (Å²) in [5.41, 5.74) is 0.964. The van der Waals surface area contributed by atoms with Gasteiger partial charge in [0.15, 0.2) is 23.0 Å². The number of nitrogens with zero attached hydrogens (tertiary/aromatic N) is 2. The smallest absolute Gasteiger partial charge is 0.253 e. The van der Waals surface area contributed by atoms with Crippen LogP contribution in [0.5, 0.6) is 23.0 Å². The maximum atomic E-state index is 13.7. The van der Waals surface area contributed by atoms with Crippen LogP contribution in [0.15, 0.2) is 36.4 Å². The fourth-order valence-corrected chi connectivity index (χ4v) is 5.60.